The molecule has 0 aliphatic carbocycles. The van der Waals surface area contributed by atoms with Crippen molar-refractivity contribution in [2.24, 2.45) is 0 Å². The molecular weight excluding hydrogens is 506 g/mol. The number of carbonyl (C=O) groups excluding carboxylic acids is 1. The van der Waals surface area contributed by atoms with E-state index in [1.54, 1.807) is 50.7 Å². The third-order valence-corrected chi connectivity index (χ3v) is 7.09. The molecule has 9 nitrogen and oxygen atoms in total. The van der Waals surface area contributed by atoms with Crippen molar-refractivity contribution in [1.82, 2.24) is 20.2 Å². The van der Waals surface area contributed by atoms with Gasteiger partial charge >= 0.3 is 0 Å². The summed E-state index contributed by atoms with van der Waals surface area (Å²) in [6, 6.07) is 18.4. The predicted octanol–water partition coefficient (Wildman–Crippen LogP) is 4.71. The molecule has 0 fully saturated rings. The second-order valence-electron chi connectivity index (χ2n) is 9.70. The van der Waals surface area contributed by atoms with Gasteiger partial charge in [-0.1, -0.05) is 18.2 Å². The highest BCUT2D eigenvalue weighted by Crippen LogP contribution is 2.33. The van der Waals surface area contributed by atoms with Crippen LogP contribution in [0.25, 0.3) is 11.3 Å². The van der Waals surface area contributed by atoms with E-state index in [9.17, 15) is 9.90 Å². The monoisotopic (exact) mass is 539 g/mol. The Balaban J connectivity index is 1.20. The number of anilines is 2. The number of rotatable bonds is 9. The van der Waals surface area contributed by atoms with Crippen LogP contribution < -0.4 is 20.1 Å². The molecule has 3 aromatic carbocycles. The van der Waals surface area contributed by atoms with Crippen LogP contribution in [0.5, 0.6) is 17.2 Å². The van der Waals surface area contributed by atoms with Crippen LogP contribution in [-0.4, -0.2) is 59.7 Å². The van der Waals surface area contributed by atoms with E-state index in [2.05, 4.69) is 31.6 Å². The van der Waals surface area contributed by atoms with Gasteiger partial charge in [0.05, 0.1) is 19.9 Å². The third-order valence-electron chi connectivity index (χ3n) is 7.09. The molecule has 3 N–H and O–H groups in total. The lowest BCUT2D eigenvalue weighted by Gasteiger charge is -2.29. The molecule has 2 heterocycles. The Morgan fingerprint density at radius 1 is 1.02 bits per heavy atom. The maximum absolute atomic E-state index is 13.0. The van der Waals surface area contributed by atoms with Crippen molar-refractivity contribution in [2.75, 3.05) is 39.2 Å². The highest BCUT2D eigenvalue weighted by atomic mass is 16.5. The summed E-state index contributed by atoms with van der Waals surface area (Å²) in [5.74, 6) is 1.87. The summed E-state index contributed by atoms with van der Waals surface area (Å²) in [6.07, 6.45) is 2.55. The number of methoxy groups -OCH3 is 2. The molecule has 4 aromatic rings. The zero-order valence-electron chi connectivity index (χ0n) is 22.9. The molecule has 0 atom stereocenters. The molecular formula is C31H33N5O4. The molecule has 1 aliphatic heterocycles. The molecule has 0 radical (unpaired) electrons. The average molecular weight is 540 g/mol. The summed E-state index contributed by atoms with van der Waals surface area (Å²) in [4.78, 5) is 24.2. The zero-order valence-corrected chi connectivity index (χ0v) is 22.9. The van der Waals surface area contributed by atoms with E-state index >= 15 is 0 Å². The Morgan fingerprint density at radius 3 is 2.58 bits per heavy atom. The van der Waals surface area contributed by atoms with Crippen LogP contribution in [0.2, 0.25) is 0 Å². The summed E-state index contributed by atoms with van der Waals surface area (Å²) >= 11 is 0. The van der Waals surface area contributed by atoms with Crippen LogP contribution >= 0.6 is 0 Å². The molecule has 9 heteroatoms. The van der Waals surface area contributed by atoms with Crippen LogP contribution in [-0.2, 0) is 13.0 Å². The smallest absolute Gasteiger partial charge is 0.251 e. The number of aryl methyl sites for hydroxylation is 1. The minimum absolute atomic E-state index is 0.143. The quantitative estimate of drug-likeness (QED) is 0.281. The molecule has 1 amide bonds. The van der Waals surface area contributed by atoms with E-state index in [1.165, 1.54) is 11.1 Å². The van der Waals surface area contributed by atoms with Gasteiger partial charge in [0.25, 0.3) is 5.91 Å². The largest absolute Gasteiger partial charge is 0.507 e. The number of hydrogen-bond donors (Lipinski definition) is 3. The third kappa shape index (κ3) is 6.00. The molecule has 0 saturated carbocycles. The molecule has 206 valence electrons. The number of hydrogen-bond acceptors (Lipinski definition) is 8. The summed E-state index contributed by atoms with van der Waals surface area (Å²) in [7, 11) is 3.30. The second-order valence-corrected chi connectivity index (χ2v) is 9.70. The number of nitrogens with zero attached hydrogens (tertiary/aromatic N) is 3. The van der Waals surface area contributed by atoms with Gasteiger partial charge in [-0.3, -0.25) is 9.69 Å². The van der Waals surface area contributed by atoms with Crippen molar-refractivity contribution < 1.29 is 19.4 Å². The van der Waals surface area contributed by atoms with Crippen molar-refractivity contribution in [3.8, 4) is 28.5 Å². The van der Waals surface area contributed by atoms with Gasteiger partial charge in [-0.05, 0) is 72.5 Å². The van der Waals surface area contributed by atoms with Crippen molar-refractivity contribution in [3.05, 3.63) is 89.1 Å². The molecule has 0 saturated heterocycles. The summed E-state index contributed by atoms with van der Waals surface area (Å²) < 4.78 is 10.9. The molecule has 0 unspecified atom stereocenters. The van der Waals surface area contributed by atoms with Crippen LogP contribution in [0.4, 0.5) is 11.6 Å². The molecule has 1 aliphatic rings. The topological polar surface area (TPSA) is 109 Å². The lowest BCUT2D eigenvalue weighted by Crippen LogP contribution is -2.37. The van der Waals surface area contributed by atoms with Gasteiger partial charge in [0.2, 0.25) is 5.95 Å². The normalized spacial score (nSPS) is 12.9. The summed E-state index contributed by atoms with van der Waals surface area (Å²) in [6.45, 7) is 4.93. The molecule has 0 spiro atoms. The number of aromatic hydroxyl groups is 1. The van der Waals surface area contributed by atoms with Crippen molar-refractivity contribution in [3.63, 3.8) is 0 Å². The summed E-state index contributed by atoms with van der Waals surface area (Å²) in [5.41, 5.74) is 5.94. The number of ether oxygens (including phenoxy) is 2. The van der Waals surface area contributed by atoms with E-state index in [4.69, 9.17) is 9.47 Å². The number of carbonyl (C=O) groups is 1. The van der Waals surface area contributed by atoms with Gasteiger partial charge in [-0.15, -0.1) is 0 Å². The number of phenols is 1. The van der Waals surface area contributed by atoms with Gasteiger partial charge < -0.3 is 25.2 Å². The van der Waals surface area contributed by atoms with Gasteiger partial charge in [0.15, 0.2) is 11.5 Å². The van der Waals surface area contributed by atoms with Gasteiger partial charge in [-0.2, -0.15) is 0 Å². The lowest BCUT2D eigenvalue weighted by atomic mass is 9.99. The first kappa shape index (κ1) is 27.0. The Kier molecular flexibility index (Phi) is 8.12. The van der Waals surface area contributed by atoms with Gasteiger partial charge in [0.1, 0.15) is 5.75 Å². The van der Waals surface area contributed by atoms with Crippen molar-refractivity contribution in [2.45, 2.75) is 19.9 Å². The number of aromatic nitrogens is 2. The minimum Gasteiger partial charge on any atom is -0.507 e. The van der Waals surface area contributed by atoms with E-state index < -0.39 is 0 Å². The SMILES string of the molecule is COc1cc2c(cc1OC)CN(CCNC(=O)c1ccc(C)c(Nc3nccc(-c4ccccc4O)n3)c1)CC2. The number of fused-ring (bicyclic) bond motifs is 1. The van der Waals surface area contributed by atoms with Crippen LogP contribution in [0, 0.1) is 6.92 Å². The van der Waals surface area contributed by atoms with E-state index in [0.29, 0.717) is 29.3 Å². The Bertz CT molecular complexity index is 1520. The second kappa shape index (κ2) is 12.0. The van der Waals surface area contributed by atoms with E-state index in [0.717, 1.165) is 48.8 Å². The number of nitrogens with one attached hydrogen (secondary N) is 2. The van der Waals surface area contributed by atoms with Crippen molar-refractivity contribution in [1.29, 1.82) is 0 Å². The van der Waals surface area contributed by atoms with Gasteiger partial charge in [0, 0.05) is 49.2 Å². The standard InChI is InChI=1S/C31H33N5O4/c1-20-8-9-22(16-26(20)35-31-33-12-10-25(34-31)24-6-4-5-7-27(24)37)30(38)32-13-15-36-14-11-21-17-28(39-2)29(40-3)18-23(21)19-36/h4-10,12,16-18,37H,11,13-15,19H2,1-3H3,(H,32,38)(H,33,34,35). The number of para-hydroxylation sites is 1. The maximum Gasteiger partial charge on any atom is 0.251 e. The van der Waals surface area contributed by atoms with Crippen LogP contribution in [0.3, 0.4) is 0 Å². The molecule has 5 rings (SSSR count). The average Bonchev–Trinajstić information content (AvgIpc) is 2.97. The summed E-state index contributed by atoms with van der Waals surface area (Å²) in [5, 5.41) is 16.5. The number of amides is 1. The van der Waals surface area contributed by atoms with E-state index in [1.807, 2.05) is 31.2 Å². The lowest BCUT2D eigenvalue weighted by molar-refractivity contribution is 0.0947. The molecule has 0 bridgehead atoms. The Hall–Kier alpha value is -4.63. The van der Waals surface area contributed by atoms with Crippen LogP contribution in [0.1, 0.15) is 27.0 Å². The highest BCUT2D eigenvalue weighted by molar-refractivity contribution is 5.95. The fraction of sp³-hybridized carbons (Fsp3) is 0.258. The Labute approximate surface area is 233 Å². The van der Waals surface area contributed by atoms with Crippen LogP contribution in [0.15, 0.2) is 66.9 Å². The van der Waals surface area contributed by atoms with E-state index in [-0.39, 0.29) is 11.7 Å². The predicted molar refractivity (Wildman–Crippen MR) is 154 cm³/mol. The minimum atomic E-state index is -0.143. The van der Waals surface area contributed by atoms with Gasteiger partial charge in [-0.25, -0.2) is 9.97 Å². The fourth-order valence-electron chi connectivity index (χ4n) is 4.84. The van der Waals surface area contributed by atoms with Crippen molar-refractivity contribution >= 4 is 17.5 Å². The molecule has 40 heavy (non-hydrogen) atoms. The maximum atomic E-state index is 13.0. The highest BCUT2D eigenvalue weighted by Gasteiger charge is 2.19. The zero-order chi connectivity index (χ0) is 28.1. The molecule has 1 aromatic heterocycles. The first-order valence-electron chi connectivity index (χ1n) is 13.2. The fourth-order valence-corrected chi connectivity index (χ4v) is 4.84. The first-order chi connectivity index (χ1) is 19.4. The Morgan fingerprint density at radius 2 is 1.80 bits per heavy atom. The number of benzene rings is 3. The number of phenolic OH excluding ortho intramolecular Hbond substituents is 1. The first-order valence-corrected chi connectivity index (χ1v) is 13.2.